The third-order valence-corrected chi connectivity index (χ3v) is 6.79. The number of ether oxygens (including phenoxy) is 2. The van der Waals surface area contributed by atoms with Crippen LogP contribution in [0.1, 0.15) is 68.8 Å². The monoisotopic (exact) mass is 527 g/mol. The van der Waals surface area contributed by atoms with Gasteiger partial charge in [-0.1, -0.05) is 58.0 Å². The van der Waals surface area contributed by atoms with Gasteiger partial charge >= 0.3 is 0 Å². The number of carbonyl (C=O) groups is 2. The van der Waals surface area contributed by atoms with Gasteiger partial charge in [-0.2, -0.15) is 0 Å². The number of rotatable bonds is 9. The van der Waals surface area contributed by atoms with E-state index in [1.807, 2.05) is 44.2 Å². The molecule has 39 heavy (non-hydrogen) atoms. The van der Waals surface area contributed by atoms with Crippen LogP contribution in [0.4, 0.5) is 5.69 Å². The van der Waals surface area contributed by atoms with Crippen molar-refractivity contribution in [3.63, 3.8) is 0 Å². The van der Waals surface area contributed by atoms with E-state index in [4.69, 9.17) is 9.47 Å². The number of anilines is 1. The van der Waals surface area contributed by atoms with Gasteiger partial charge in [0.15, 0.2) is 0 Å². The van der Waals surface area contributed by atoms with Crippen LogP contribution in [0.5, 0.6) is 11.5 Å². The van der Waals surface area contributed by atoms with E-state index in [1.165, 1.54) is 4.90 Å². The Morgan fingerprint density at radius 2 is 1.67 bits per heavy atom. The van der Waals surface area contributed by atoms with Gasteiger partial charge in [0.1, 0.15) is 17.3 Å². The smallest absolute Gasteiger partial charge is 0.300 e. The van der Waals surface area contributed by atoms with Crippen LogP contribution in [0.2, 0.25) is 0 Å². The maximum atomic E-state index is 13.5. The number of benzene rings is 3. The lowest BCUT2D eigenvalue weighted by molar-refractivity contribution is -0.132. The Hall–Kier alpha value is -4.06. The van der Waals surface area contributed by atoms with Crippen LogP contribution >= 0.6 is 0 Å². The minimum atomic E-state index is -0.805. The summed E-state index contributed by atoms with van der Waals surface area (Å²) >= 11 is 0. The molecule has 1 fully saturated rings. The van der Waals surface area contributed by atoms with Crippen LogP contribution < -0.4 is 14.4 Å². The zero-order valence-electron chi connectivity index (χ0n) is 23.5. The number of aliphatic hydroxyl groups excluding tert-OH is 1. The number of carbonyl (C=O) groups excluding carboxylic acids is 2. The van der Waals surface area contributed by atoms with Crippen molar-refractivity contribution in [2.75, 3.05) is 18.1 Å². The molecule has 1 unspecified atom stereocenters. The highest BCUT2D eigenvalue weighted by Crippen LogP contribution is 2.43. The number of aliphatic hydroxyl groups is 1. The molecule has 0 bridgehead atoms. The molecule has 1 saturated heterocycles. The van der Waals surface area contributed by atoms with Crippen LogP contribution in [0.15, 0.2) is 72.3 Å². The Kier molecular flexibility index (Phi) is 8.44. The Bertz CT molecular complexity index is 1390. The molecule has 6 heteroatoms. The average molecular weight is 528 g/mol. The van der Waals surface area contributed by atoms with Gasteiger partial charge in [-0.15, -0.1) is 0 Å². The van der Waals surface area contributed by atoms with Crippen LogP contribution in [-0.2, 0) is 9.59 Å². The van der Waals surface area contributed by atoms with Crippen LogP contribution in [0.3, 0.4) is 0 Å². The highest BCUT2D eigenvalue weighted by atomic mass is 16.5. The summed E-state index contributed by atoms with van der Waals surface area (Å²) in [5.74, 6) is 0.368. The maximum absolute atomic E-state index is 13.5. The minimum absolute atomic E-state index is 0.0503. The summed E-state index contributed by atoms with van der Waals surface area (Å²) in [4.78, 5) is 28.5. The van der Waals surface area contributed by atoms with Crippen molar-refractivity contribution < 1.29 is 24.2 Å². The van der Waals surface area contributed by atoms with Crippen molar-refractivity contribution in [3.05, 3.63) is 94.6 Å². The number of ketones is 1. The first-order chi connectivity index (χ1) is 18.6. The van der Waals surface area contributed by atoms with Crippen molar-refractivity contribution >= 4 is 23.1 Å². The van der Waals surface area contributed by atoms with Gasteiger partial charge in [0.25, 0.3) is 11.7 Å². The molecule has 3 aromatic carbocycles. The van der Waals surface area contributed by atoms with Gasteiger partial charge in [-0.05, 0) is 72.7 Å². The third-order valence-electron chi connectivity index (χ3n) is 6.79. The normalized spacial score (nSPS) is 16.8. The average Bonchev–Trinajstić information content (AvgIpc) is 3.18. The summed E-state index contributed by atoms with van der Waals surface area (Å²) in [5.41, 5.74) is 3.73. The van der Waals surface area contributed by atoms with Crippen molar-refractivity contribution in [2.24, 2.45) is 5.92 Å². The standard InChI is InChI=1S/C33H37NO5/c1-7-38-27-10-8-9-26(18-27)34-30(24-13-11-23(12-14-24)21(4)5)29(32(36)33(34)37)31(35)25-15-16-28(22(6)17-25)39-19-20(2)3/h8-18,20-21,30,35H,7,19H2,1-6H3/b31-29+. The Balaban J connectivity index is 1.85. The summed E-state index contributed by atoms with van der Waals surface area (Å²) in [7, 11) is 0. The number of Topliss-reactive ketones (excluding diaryl/α,β-unsaturated/α-hetero) is 1. The van der Waals surface area contributed by atoms with Gasteiger partial charge in [0.2, 0.25) is 0 Å². The van der Waals surface area contributed by atoms with Gasteiger partial charge in [-0.25, -0.2) is 0 Å². The number of amides is 1. The number of hydrogen-bond acceptors (Lipinski definition) is 5. The molecule has 0 aliphatic carbocycles. The van der Waals surface area contributed by atoms with Gasteiger partial charge < -0.3 is 14.6 Å². The molecule has 0 radical (unpaired) electrons. The first-order valence-corrected chi connectivity index (χ1v) is 13.5. The van der Waals surface area contributed by atoms with Gasteiger partial charge in [-0.3, -0.25) is 14.5 Å². The zero-order valence-corrected chi connectivity index (χ0v) is 23.5. The molecule has 1 N–H and O–H groups in total. The first-order valence-electron chi connectivity index (χ1n) is 13.5. The predicted octanol–water partition coefficient (Wildman–Crippen LogP) is 7.18. The Morgan fingerprint density at radius 3 is 2.28 bits per heavy atom. The summed E-state index contributed by atoms with van der Waals surface area (Å²) in [6.45, 7) is 13.2. The molecule has 1 atom stereocenters. The van der Waals surface area contributed by atoms with Crippen molar-refractivity contribution in [1.82, 2.24) is 0 Å². The fourth-order valence-electron chi connectivity index (χ4n) is 4.74. The lowest BCUT2D eigenvalue weighted by atomic mass is 9.92. The minimum Gasteiger partial charge on any atom is -0.507 e. The summed E-state index contributed by atoms with van der Waals surface area (Å²) in [6, 6.07) is 19.5. The van der Waals surface area contributed by atoms with Crippen molar-refractivity contribution in [1.29, 1.82) is 0 Å². The lowest BCUT2D eigenvalue weighted by Gasteiger charge is -2.26. The zero-order chi connectivity index (χ0) is 28.3. The Morgan fingerprint density at radius 1 is 0.949 bits per heavy atom. The van der Waals surface area contributed by atoms with E-state index < -0.39 is 17.7 Å². The largest absolute Gasteiger partial charge is 0.507 e. The molecule has 1 amide bonds. The molecule has 1 heterocycles. The molecule has 0 spiro atoms. The fourth-order valence-corrected chi connectivity index (χ4v) is 4.74. The molecular weight excluding hydrogens is 490 g/mol. The van der Waals surface area contributed by atoms with Crippen LogP contribution in [0.25, 0.3) is 5.76 Å². The fraction of sp³-hybridized carbons (Fsp3) is 0.333. The Labute approximate surface area is 230 Å². The molecule has 3 aromatic rings. The van der Waals surface area contributed by atoms with Crippen molar-refractivity contribution in [2.45, 2.75) is 53.5 Å². The summed E-state index contributed by atoms with van der Waals surface area (Å²) < 4.78 is 11.5. The van der Waals surface area contributed by atoms with Crippen molar-refractivity contribution in [3.8, 4) is 11.5 Å². The topological polar surface area (TPSA) is 76.1 Å². The quantitative estimate of drug-likeness (QED) is 0.181. The number of nitrogens with zero attached hydrogens (tertiary/aromatic N) is 1. The van der Waals surface area contributed by atoms with E-state index in [0.29, 0.717) is 47.8 Å². The highest BCUT2D eigenvalue weighted by molar-refractivity contribution is 6.51. The van der Waals surface area contributed by atoms with Crippen LogP contribution in [-0.4, -0.2) is 30.0 Å². The molecule has 204 valence electrons. The summed E-state index contributed by atoms with van der Waals surface area (Å²) in [6.07, 6.45) is 0. The highest BCUT2D eigenvalue weighted by Gasteiger charge is 2.47. The molecule has 1 aliphatic rings. The van der Waals surface area contributed by atoms with E-state index >= 15 is 0 Å². The van der Waals surface area contributed by atoms with E-state index in [1.54, 1.807) is 36.4 Å². The molecular formula is C33H37NO5. The van der Waals surface area contributed by atoms with E-state index in [9.17, 15) is 14.7 Å². The molecule has 6 nitrogen and oxygen atoms in total. The van der Waals surface area contributed by atoms with Gasteiger partial charge in [0, 0.05) is 17.3 Å². The van der Waals surface area contributed by atoms with Crippen LogP contribution in [0, 0.1) is 12.8 Å². The summed E-state index contributed by atoms with van der Waals surface area (Å²) in [5, 5.41) is 11.5. The second-order valence-electron chi connectivity index (χ2n) is 10.6. The van der Waals surface area contributed by atoms with E-state index in [0.717, 1.165) is 16.7 Å². The third kappa shape index (κ3) is 5.85. The second kappa shape index (κ2) is 11.8. The molecule has 0 saturated carbocycles. The molecule has 0 aromatic heterocycles. The van der Waals surface area contributed by atoms with Gasteiger partial charge in [0.05, 0.1) is 24.8 Å². The lowest BCUT2D eigenvalue weighted by Crippen LogP contribution is -2.29. The molecule has 1 aliphatic heterocycles. The number of aryl methyl sites for hydroxylation is 1. The van der Waals surface area contributed by atoms with E-state index in [2.05, 4.69) is 27.7 Å². The second-order valence-corrected chi connectivity index (χ2v) is 10.6. The SMILES string of the molecule is CCOc1cccc(N2C(=O)C(=O)/C(=C(/O)c3ccc(OCC(C)C)c(C)c3)C2c2ccc(C(C)C)cc2)c1. The number of hydrogen-bond donors (Lipinski definition) is 1. The first kappa shape index (κ1) is 28.0. The maximum Gasteiger partial charge on any atom is 0.300 e. The predicted molar refractivity (Wildman–Crippen MR) is 154 cm³/mol. The molecule has 4 rings (SSSR count). The van der Waals surface area contributed by atoms with E-state index in [-0.39, 0.29) is 11.3 Å².